The highest BCUT2D eigenvalue weighted by Gasteiger charge is 2.20. The Morgan fingerprint density at radius 1 is 1.07 bits per heavy atom. The molecule has 0 saturated carbocycles. The van der Waals surface area contributed by atoms with Gasteiger partial charge in [-0.1, -0.05) is 38.1 Å². The molecule has 1 atom stereocenters. The van der Waals surface area contributed by atoms with Gasteiger partial charge in [0, 0.05) is 28.9 Å². The van der Waals surface area contributed by atoms with E-state index in [1.165, 1.54) is 11.1 Å². The number of aromatic amines is 1. The van der Waals surface area contributed by atoms with Gasteiger partial charge in [-0.15, -0.1) is 0 Å². The third-order valence-corrected chi connectivity index (χ3v) is 5.35. The van der Waals surface area contributed by atoms with Crippen molar-refractivity contribution in [3.8, 4) is 22.5 Å². The number of H-pyrrole nitrogens is 1. The van der Waals surface area contributed by atoms with Gasteiger partial charge in [0.05, 0.1) is 11.4 Å². The summed E-state index contributed by atoms with van der Waals surface area (Å²) in [6.07, 6.45) is 3.60. The Kier molecular flexibility index (Phi) is 4.73. The third kappa shape index (κ3) is 3.10. The molecule has 0 aliphatic carbocycles. The predicted molar refractivity (Wildman–Crippen MR) is 112 cm³/mol. The lowest BCUT2D eigenvalue weighted by atomic mass is 9.93. The Balaban J connectivity index is 1.81. The van der Waals surface area contributed by atoms with Gasteiger partial charge in [0.1, 0.15) is 6.33 Å². The first-order valence-electron chi connectivity index (χ1n) is 9.65. The number of fused-ring (bicyclic) bond motifs is 1. The third-order valence-electron chi connectivity index (χ3n) is 5.35. The van der Waals surface area contributed by atoms with Gasteiger partial charge >= 0.3 is 0 Å². The summed E-state index contributed by atoms with van der Waals surface area (Å²) in [7, 11) is 1.98. The summed E-state index contributed by atoms with van der Waals surface area (Å²) in [5.41, 5.74) is 8.68. The van der Waals surface area contributed by atoms with E-state index in [9.17, 15) is 0 Å². The lowest BCUT2D eigenvalue weighted by molar-refractivity contribution is 0.652. The molecule has 0 aliphatic heterocycles. The molecule has 0 unspecified atom stereocenters. The smallest absolute Gasteiger partial charge is 0.158 e. The lowest BCUT2D eigenvalue weighted by Gasteiger charge is -2.13. The molecule has 4 aromatic rings. The van der Waals surface area contributed by atoms with Crippen molar-refractivity contribution in [3.63, 3.8) is 0 Å². The highest BCUT2D eigenvalue weighted by atomic mass is 15.3. The predicted octanol–water partition coefficient (Wildman–Crippen LogP) is 4.50. The summed E-state index contributed by atoms with van der Waals surface area (Å²) in [6, 6.07) is 11.1. The fourth-order valence-corrected chi connectivity index (χ4v) is 3.68. The molecule has 4 rings (SSSR count). The molecule has 0 aliphatic rings. The maximum atomic E-state index is 4.69. The highest BCUT2D eigenvalue weighted by molar-refractivity contribution is 5.75. The first-order chi connectivity index (χ1) is 13.5. The summed E-state index contributed by atoms with van der Waals surface area (Å²) in [4.78, 5) is 4.31. The van der Waals surface area contributed by atoms with E-state index in [1.54, 1.807) is 6.33 Å². The van der Waals surface area contributed by atoms with Crippen LogP contribution in [0.1, 0.15) is 49.4 Å². The minimum atomic E-state index is 0.325. The second-order valence-electron chi connectivity index (χ2n) is 7.59. The molecule has 0 bridgehead atoms. The van der Waals surface area contributed by atoms with Gasteiger partial charge < -0.3 is 5.32 Å². The van der Waals surface area contributed by atoms with Crippen molar-refractivity contribution in [2.24, 2.45) is 0 Å². The fourth-order valence-electron chi connectivity index (χ4n) is 3.68. The van der Waals surface area contributed by atoms with Crippen molar-refractivity contribution in [1.82, 2.24) is 30.1 Å². The maximum absolute atomic E-state index is 4.69. The second-order valence-corrected chi connectivity index (χ2v) is 7.59. The number of nitrogens with one attached hydrogen (secondary N) is 2. The summed E-state index contributed by atoms with van der Waals surface area (Å²) in [5, 5.41) is 15.6. The van der Waals surface area contributed by atoms with Crippen LogP contribution in [0.2, 0.25) is 0 Å². The Labute approximate surface area is 165 Å². The van der Waals surface area contributed by atoms with Crippen molar-refractivity contribution < 1.29 is 0 Å². The molecular formula is C22H26N6. The molecule has 0 fully saturated rings. The van der Waals surface area contributed by atoms with Gasteiger partial charge in [-0.3, -0.25) is 5.10 Å². The van der Waals surface area contributed by atoms with Crippen LogP contribution in [0, 0.1) is 6.92 Å². The molecule has 3 heterocycles. The summed E-state index contributed by atoms with van der Waals surface area (Å²) in [5.74, 6) is 0.325. The van der Waals surface area contributed by atoms with E-state index in [-0.39, 0.29) is 0 Å². The first kappa shape index (κ1) is 18.4. The Morgan fingerprint density at radius 3 is 2.50 bits per heavy atom. The molecule has 28 heavy (non-hydrogen) atoms. The van der Waals surface area contributed by atoms with Gasteiger partial charge in [-0.05, 0) is 44.0 Å². The molecule has 2 N–H and O–H groups in total. The van der Waals surface area contributed by atoms with Crippen LogP contribution in [-0.4, -0.2) is 31.8 Å². The van der Waals surface area contributed by atoms with Crippen LogP contribution in [-0.2, 0) is 0 Å². The molecule has 3 aromatic heterocycles. The molecule has 0 radical (unpaired) electrons. The maximum Gasteiger partial charge on any atom is 0.158 e. The van der Waals surface area contributed by atoms with E-state index in [2.05, 4.69) is 78.5 Å². The molecule has 0 spiro atoms. The van der Waals surface area contributed by atoms with Crippen LogP contribution >= 0.6 is 0 Å². The average Bonchev–Trinajstić information content (AvgIpc) is 3.34. The monoisotopic (exact) mass is 374 g/mol. The van der Waals surface area contributed by atoms with Crippen LogP contribution < -0.4 is 5.32 Å². The number of nitrogens with zero attached hydrogens (tertiary/aromatic N) is 4. The number of rotatable bonds is 5. The van der Waals surface area contributed by atoms with Crippen LogP contribution in [0.3, 0.4) is 0 Å². The second kappa shape index (κ2) is 7.20. The minimum Gasteiger partial charge on any atom is -0.313 e. The molecular weight excluding hydrogens is 348 g/mol. The van der Waals surface area contributed by atoms with E-state index in [0.29, 0.717) is 12.0 Å². The normalized spacial score (nSPS) is 12.8. The lowest BCUT2D eigenvalue weighted by Crippen LogP contribution is -2.11. The number of aryl methyl sites for hydroxylation is 1. The van der Waals surface area contributed by atoms with Crippen molar-refractivity contribution in [2.75, 3.05) is 7.05 Å². The van der Waals surface area contributed by atoms with Crippen LogP contribution in [0.15, 0.2) is 42.9 Å². The summed E-state index contributed by atoms with van der Waals surface area (Å²) < 4.78 is 1.82. The van der Waals surface area contributed by atoms with Crippen LogP contribution in [0.5, 0.6) is 0 Å². The zero-order chi connectivity index (χ0) is 19.8. The molecule has 6 nitrogen and oxygen atoms in total. The van der Waals surface area contributed by atoms with Crippen molar-refractivity contribution in [3.05, 3.63) is 59.5 Å². The van der Waals surface area contributed by atoms with Crippen LogP contribution in [0.4, 0.5) is 0 Å². The van der Waals surface area contributed by atoms with Crippen LogP contribution in [0.25, 0.3) is 28.2 Å². The molecule has 0 amide bonds. The summed E-state index contributed by atoms with van der Waals surface area (Å²) >= 11 is 0. The van der Waals surface area contributed by atoms with Gasteiger partial charge in [-0.2, -0.15) is 10.2 Å². The molecule has 0 saturated heterocycles. The quantitative estimate of drug-likeness (QED) is 0.540. The number of aromatic nitrogens is 5. The number of hydrogen-bond donors (Lipinski definition) is 2. The van der Waals surface area contributed by atoms with E-state index in [1.807, 2.05) is 17.8 Å². The van der Waals surface area contributed by atoms with Gasteiger partial charge in [0.15, 0.2) is 5.65 Å². The molecule has 144 valence electrons. The van der Waals surface area contributed by atoms with Crippen molar-refractivity contribution >= 4 is 5.65 Å². The zero-order valence-electron chi connectivity index (χ0n) is 17.0. The van der Waals surface area contributed by atoms with Crippen molar-refractivity contribution in [2.45, 2.75) is 39.7 Å². The average molecular weight is 374 g/mol. The standard InChI is InChI=1S/C22H26N6/c1-13(2)19-20(17-8-6-16(7-9-17)15(4)23-5)26-27-21(19)18-10-14(3)22-24-12-25-28(22)11-18/h6-13,15,23H,1-5H3,(H,26,27)/t15-/m0/s1. The van der Waals surface area contributed by atoms with E-state index >= 15 is 0 Å². The SMILES string of the molecule is CN[C@@H](C)c1ccc(-c2n[nH]c(-c3cc(C)c4ncnn4c3)c2C(C)C)cc1. The minimum absolute atomic E-state index is 0.325. The Bertz CT molecular complexity index is 1100. The topological polar surface area (TPSA) is 70.9 Å². The van der Waals surface area contributed by atoms with E-state index in [4.69, 9.17) is 5.10 Å². The Hall–Kier alpha value is -2.99. The Morgan fingerprint density at radius 2 is 1.82 bits per heavy atom. The highest BCUT2D eigenvalue weighted by Crippen LogP contribution is 2.36. The fraction of sp³-hybridized carbons (Fsp3) is 0.318. The van der Waals surface area contributed by atoms with Gasteiger partial charge in [0.2, 0.25) is 0 Å². The summed E-state index contributed by atoms with van der Waals surface area (Å²) in [6.45, 7) is 8.62. The van der Waals surface area contributed by atoms with E-state index in [0.717, 1.165) is 33.7 Å². The largest absolute Gasteiger partial charge is 0.313 e. The number of hydrogen-bond acceptors (Lipinski definition) is 4. The number of pyridine rings is 1. The molecule has 6 heteroatoms. The van der Waals surface area contributed by atoms with E-state index < -0.39 is 0 Å². The van der Waals surface area contributed by atoms with Gasteiger partial charge in [0.25, 0.3) is 0 Å². The molecule has 1 aromatic carbocycles. The number of benzene rings is 1. The zero-order valence-corrected chi connectivity index (χ0v) is 17.0. The van der Waals surface area contributed by atoms with Gasteiger partial charge in [-0.25, -0.2) is 9.50 Å². The first-order valence-corrected chi connectivity index (χ1v) is 9.65. The van der Waals surface area contributed by atoms with Crippen molar-refractivity contribution in [1.29, 1.82) is 0 Å².